The minimum atomic E-state index is -1.46. The number of para-hydroxylation sites is 1. The molecule has 0 heterocycles. The molecule has 0 aliphatic heterocycles. The molecule has 0 spiro atoms. The van der Waals surface area contributed by atoms with Crippen molar-refractivity contribution in [1.29, 1.82) is 0 Å². The summed E-state index contributed by atoms with van der Waals surface area (Å²) in [7, 11) is -1.46. The number of ether oxygens (including phenoxy) is 2. The van der Waals surface area contributed by atoms with Crippen LogP contribution in [0, 0.1) is 0 Å². The Kier molecular flexibility index (Phi) is 37.9. The third-order valence-corrected chi connectivity index (χ3v) is 11.3. The van der Waals surface area contributed by atoms with Gasteiger partial charge in [0.1, 0.15) is 5.75 Å². The Morgan fingerprint density at radius 2 is 0.731 bits per heavy atom. The summed E-state index contributed by atoms with van der Waals surface area (Å²) < 4.78 is 31.8. The molecule has 2 atom stereocenters. The van der Waals surface area contributed by atoms with Crippen molar-refractivity contribution < 1.29 is 23.0 Å². The summed E-state index contributed by atoms with van der Waals surface area (Å²) in [5.74, 6) is 0.804. The van der Waals surface area contributed by atoms with Crippen LogP contribution in [0.1, 0.15) is 220 Å². The molecule has 0 bridgehead atoms. The lowest BCUT2D eigenvalue weighted by molar-refractivity contribution is 0.0317. The normalized spacial score (nSPS) is 13.4. The zero-order chi connectivity index (χ0) is 37.4. The second-order valence-electron chi connectivity index (χ2n) is 15.2. The fourth-order valence-electron chi connectivity index (χ4n) is 6.75. The van der Waals surface area contributed by atoms with Crippen LogP contribution in [0.2, 0.25) is 0 Å². The van der Waals surface area contributed by atoms with Crippen LogP contribution in [0.25, 0.3) is 0 Å². The Hall–Kier alpha value is -0.710. The van der Waals surface area contributed by atoms with Gasteiger partial charge in [-0.2, -0.15) is 0 Å². The van der Waals surface area contributed by atoms with Crippen molar-refractivity contribution in [3.8, 4) is 5.75 Å². The van der Waals surface area contributed by atoms with Crippen molar-refractivity contribution >= 4 is 8.60 Å². The molecule has 6 heteroatoms. The van der Waals surface area contributed by atoms with Gasteiger partial charge in [-0.05, 0) is 63.5 Å². The zero-order valence-electron chi connectivity index (χ0n) is 35.1. The lowest BCUT2D eigenvalue weighted by Crippen LogP contribution is -2.15. The van der Waals surface area contributed by atoms with Crippen molar-refractivity contribution in [1.82, 2.24) is 0 Å². The van der Waals surface area contributed by atoms with Gasteiger partial charge in [0.05, 0.1) is 25.4 Å². The number of benzene rings is 1. The Labute approximate surface area is 325 Å². The summed E-state index contributed by atoms with van der Waals surface area (Å²) in [6.45, 7) is 12.2. The minimum Gasteiger partial charge on any atom is -0.427 e. The Bertz CT molecular complexity index is 765. The van der Waals surface area contributed by atoms with Gasteiger partial charge in [0.2, 0.25) is 0 Å². The van der Waals surface area contributed by atoms with E-state index < -0.39 is 8.60 Å². The molecule has 0 aliphatic carbocycles. The fourth-order valence-corrected chi connectivity index (χ4v) is 7.78. The molecule has 1 rings (SSSR count). The van der Waals surface area contributed by atoms with E-state index in [9.17, 15) is 0 Å². The third kappa shape index (κ3) is 32.7. The summed E-state index contributed by atoms with van der Waals surface area (Å²) in [6.07, 6.45) is 38.6. The molecule has 0 N–H and O–H groups in total. The largest absolute Gasteiger partial charge is 0.427 e. The molecule has 306 valence electrons. The first kappa shape index (κ1) is 49.3. The summed E-state index contributed by atoms with van der Waals surface area (Å²) in [5, 5.41) is 0. The summed E-state index contributed by atoms with van der Waals surface area (Å²) >= 11 is 0. The molecule has 1 aromatic carbocycles. The van der Waals surface area contributed by atoms with Crippen LogP contribution in [0.3, 0.4) is 0 Å². The fraction of sp³-hybridized carbons (Fsp3) is 0.870. The predicted molar refractivity (Wildman–Crippen MR) is 227 cm³/mol. The van der Waals surface area contributed by atoms with Crippen LogP contribution >= 0.6 is 8.60 Å². The quantitative estimate of drug-likeness (QED) is 0.0492. The highest BCUT2D eigenvalue weighted by atomic mass is 31.2. The highest BCUT2D eigenvalue weighted by Crippen LogP contribution is 2.41. The molecule has 0 amide bonds. The van der Waals surface area contributed by atoms with Crippen LogP contribution in [0.15, 0.2) is 30.3 Å². The molecule has 52 heavy (non-hydrogen) atoms. The molecule has 2 unspecified atom stereocenters. The Balaban J connectivity index is 2.50. The van der Waals surface area contributed by atoms with Gasteiger partial charge >= 0.3 is 8.60 Å². The van der Waals surface area contributed by atoms with Crippen LogP contribution in [0.5, 0.6) is 5.75 Å². The molecular weight excluding hydrogens is 663 g/mol. The Morgan fingerprint density at radius 3 is 1.13 bits per heavy atom. The van der Waals surface area contributed by atoms with Crippen molar-refractivity contribution in [2.45, 2.75) is 233 Å². The number of unbranched alkanes of at least 4 members (excludes halogenated alkanes) is 20. The number of rotatable bonds is 42. The Morgan fingerprint density at radius 1 is 0.385 bits per heavy atom. The first-order valence-corrected chi connectivity index (χ1v) is 23.8. The topological polar surface area (TPSA) is 46.2 Å². The van der Waals surface area contributed by atoms with Gasteiger partial charge in [0, 0.05) is 13.2 Å². The van der Waals surface area contributed by atoms with Gasteiger partial charge < -0.3 is 23.0 Å². The van der Waals surface area contributed by atoms with E-state index >= 15 is 0 Å². The first-order valence-electron chi connectivity index (χ1n) is 22.8. The molecular formula is C46H87O5P. The van der Waals surface area contributed by atoms with Gasteiger partial charge in [0.25, 0.3) is 0 Å². The maximum absolute atomic E-state index is 6.45. The van der Waals surface area contributed by atoms with Crippen LogP contribution < -0.4 is 4.52 Å². The maximum atomic E-state index is 6.45. The predicted octanol–water partition coefficient (Wildman–Crippen LogP) is 15.9. The molecule has 0 saturated heterocycles. The van der Waals surface area contributed by atoms with Gasteiger partial charge in [0.15, 0.2) is 0 Å². The first-order chi connectivity index (χ1) is 25.7. The van der Waals surface area contributed by atoms with E-state index in [2.05, 4.69) is 27.7 Å². The second kappa shape index (κ2) is 40.0. The lowest BCUT2D eigenvalue weighted by Gasteiger charge is -2.21. The van der Waals surface area contributed by atoms with E-state index in [0.717, 1.165) is 57.5 Å². The zero-order valence-corrected chi connectivity index (χ0v) is 36.0. The molecule has 0 aromatic heterocycles. The van der Waals surface area contributed by atoms with Crippen LogP contribution in [-0.2, 0) is 18.5 Å². The molecule has 1 aromatic rings. The summed E-state index contributed by atoms with van der Waals surface area (Å²) in [5.41, 5.74) is 0. The number of hydrogen-bond donors (Lipinski definition) is 0. The third-order valence-electron chi connectivity index (χ3n) is 10.1. The monoisotopic (exact) mass is 751 g/mol. The van der Waals surface area contributed by atoms with Crippen molar-refractivity contribution in [2.24, 2.45) is 0 Å². The second-order valence-corrected chi connectivity index (χ2v) is 16.4. The minimum absolute atomic E-state index is 0.326. The molecule has 5 nitrogen and oxygen atoms in total. The summed E-state index contributed by atoms with van der Waals surface area (Å²) in [6, 6.07) is 9.99. The van der Waals surface area contributed by atoms with E-state index in [-0.39, 0.29) is 0 Å². The molecule has 0 radical (unpaired) electrons. The van der Waals surface area contributed by atoms with E-state index in [1.165, 1.54) is 154 Å². The van der Waals surface area contributed by atoms with Crippen molar-refractivity contribution in [2.75, 3.05) is 26.4 Å². The van der Waals surface area contributed by atoms with E-state index in [1.807, 2.05) is 30.3 Å². The van der Waals surface area contributed by atoms with Crippen LogP contribution in [0.4, 0.5) is 0 Å². The van der Waals surface area contributed by atoms with Crippen molar-refractivity contribution in [3.05, 3.63) is 30.3 Å². The van der Waals surface area contributed by atoms with Gasteiger partial charge in [-0.1, -0.05) is 187 Å². The smallest absolute Gasteiger partial charge is 0.397 e. The van der Waals surface area contributed by atoms with Gasteiger partial charge in [-0.15, -0.1) is 0 Å². The number of hydrogen-bond acceptors (Lipinski definition) is 5. The highest BCUT2D eigenvalue weighted by Gasteiger charge is 2.17. The SMILES string of the molecule is CCCCCCCCCCOC(CCCCCC)CCCOP(OCCCC(CCCCCC)OCCCCCCCCCC)Oc1ccccc1. The standard InChI is InChI=1S/C46H87O5P/c1-5-9-13-17-19-21-23-30-40-47-44(34-26-15-11-7-3)38-32-42-49-52(51-46-36-28-25-29-37-46)50-43-33-39-45(35-27-16-12-8-4)48-41-31-24-22-20-18-14-10-6-2/h25,28-29,36-37,44-45H,5-24,26-27,30-35,38-43H2,1-4H3. The molecule has 0 fully saturated rings. The van der Waals surface area contributed by atoms with Crippen molar-refractivity contribution in [3.63, 3.8) is 0 Å². The van der Waals surface area contributed by atoms with Gasteiger partial charge in [-0.25, -0.2) is 0 Å². The summed E-state index contributed by atoms with van der Waals surface area (Å²) in [4.78, 5) is 0. The average Bonchev–Trinajstić information content (AvgIpc) is 3.16. The average molecular weight is 751 g/mol. The molecule has 0 saturated carbocycles. The van der Waals surface area contributed by atoms with Gasteiger partial charge in [-0.3, -0.25) is 0 Å². The van der Waals surface area contributed by atoms with Crippen LogP contribution in [-0.4, -0.2) is 38.6 Å². The maximum Gasteiger partial charge on any atom is 0.397 e. The van der Waals surface area contributed by atoms with E-state index in [0.29, 0.717) is 25.4 Å². The molecule has 0 aliphatic rings. The lowest BCUT2D eigenvalue weighted by atomic mass is 10.1. The van der Waals surface area contributed by atoms with E-state index in [4.69, 9.17) is 23.0 Å². The van der Waals surface area contributed by atoms with E-state index in [1.54, 1.807) is 0 Å². The highest BCUT2D eigenvalue weighted by molar-refractivity contribution is 7.42.